The molecule has 0 aliphatic carbocycles. The number of hydrogen-bond acceptors (Lipinski definition) is 2. The van der Waals surface area contributed by atoms with E-state index in [1.165, 1.54) is 17.7 Å². The third-order valence-electron chi connectivity index (χ3n) is 2.02. The van der Waals surface area contributed by atoms with Crippen LogP contribution < -0.4 is 0 Å². The lowest BCUT2D eigenvalue weighted by Gasteiger charge is -2.03. The summed E-state index contributed by atoms with van der Waals surface area (Å²) in [5.41, 5.74) is 4.40. The largest absolute Gasteiger partial charge is 0.245 e. The molecule has 0 radical (unpaired) electrons. The van der Waals surface area contributed by atoms with Crippen molar-refractivity contribution >= 4 is 21.6 Å². The number of nitrogens with zero attached hydrogens (tertiary/aromatic N) is 1. The second-order valence-electron chi connectivity index (χ2n) is 3.23. The van der Waals surface area contributed by atoms with E-state index in [1.807, 2.05) is 5.51 Å². The van der Waals surface area contributed by atoms with E-state index < -0.39 is 0 Å². The molecule has 2 aromatic rings. The Morgan fingerprint density at radius 2 is 2.23 bits per heavy atom. The molecule has 0 spiro atoms. The van der Waals surface area contributed by atoms with Crippen LogP contribution in [0.4, 0.5) is 0 Å². The molecule has 0 N–H and O–H groups in total. The third kappa shape index (κ3) is 1.89. The van der Waals surface area contributed by atoms with Gasteiger partial charge in [-0.3, -0.25) is 0 Å². The zero-order chi connectivity index (χ0) is 10.6. The van der Waals surface area contributed by atoms with Crippen molar-refractivity contribution in [2.24, 2.45) is 0 Å². The Bertz CT molecular complexity index is 395. The highest BCUT2D eigenvalue weighted by Gasteiger charge is 2.01. The van der Waals surface area contributed by atoms with Crippen LogP contribution in [-0.4, -0.2) is 4.98 Å². The monoisotopic (exact) mass is 195 g/mol. The van der Waals surface area contributed by atoms with Crippen LogP contribution >= 0.6 is 11.3 Å². The van der Waals surface area contributed by atoms with Gasteiger partial charge in [0.2, 0.25) is 0 Å². The lowest BCUT2D eigenvalue weighted by Crippen LogP contribution is -1.85. The van der Waals surface area contributed by atoms with E-state index in [-0.39, 0.29) is 0 Å². The van der Waals surface area contributed by atoms with Crippen molar-refractivity contribution in [1.29, 1.82) is 0 Å². The smallest absolute Gasteiger partial charge is 0.0814 e. The molecule has 13 heavy (non-hydrogen) atoms. The van der Waals surface area contributed by atoms with E-state index in [1.54, 1.807) is 11.3 Å². The Labute approximate surface area is 84.8 Å². The average Bonchev–Trinajstić information content (AvgIpc) is 2.67. The molecule has 0 bridgehead atoms. The van der Waals surface area contributed by atoms with Gasteiger partial charge in [-0.15, -0.1) is 11.3 Å². The summed E-state index contributed by atoms with van der Waals surface area (Å²) in [6, 6.07) is 6.52. The number of aromatic nitrogens is 1. The Morgan fingerprint density at radius 3 is 2.92 bits per heavy atom. The zero-order valence-corrected chi connectivity index (χ0v) is 9.06. The van der Waals surface area contributed by atoms with Crippen LogP contribution in [0.2, 0.25) is 0 Å². The molecule has 0 saturated heterocycles. The highest BCUT2D eigenvalue weighted by Crippen LogP contribution is 2.22. The fourth-order valence-corrected chi connectivity index (χ4v) is 1.89. The van der Waals surface area contributed by atoms with Crippen LogP contribution in [0.5, 0.6) is 0 Å². The van der Waals surface area contributed by atoms with Crippen molar-refractivity contribution in [3.8, 4) is 0 Å². The van der Waals surface area contributed by atoms with Gasteiger partial charge in [-0.1, -0.05) is 27.3 Å². The lowest BCUT2D eigenvalue weighted by atomic mass is 10.0. The molecular formula is C11H15NS. The second kappa shape index (κ2) is 3.88. The summed E-state index contributed by atoms with van der Waals surface area (Å²) >= 11 is 1.70. The zero-order valence-electron chi connectivity index (χ0n) is 9.24. The van der Waals surface area contributed by atoms with Crippen LogP contribution in [0.1, 0.15) is 34.1 Å². The highest BCUT2D eigenvalue weighted by molar-refractivity contribution is 7.16. The first kappa shape index (κ1) is 8.70. The maximum Gasteiger partial charge on any atom is 0.0814 e. The normalized spacial score (nSPS) is 10.9. The molecule has 0 aliphatic heterocycles. The van der Waals surface area contributed by atoms with Gasteiger partial charge >= 0.3 is 0 Å². The fourth-order valence-electron chi connectivity index (χ4n) is 1.23. The fraction of sp³-hybridized carbons (Fsp3) is 0.364. The third-order valence-corrected chi connectivity index (χ3v) is 2.83. The van der Waals surface area contributed by atoms with Gasteiger partial charge < -0.3 is 0 Å². The van der Waals surface area contributed by atoms with Crippen molar-refractivity contribution < 1.29 is 1.37 Å². The van der Waals surface area contributed by atoms with Gasteiger partial charge in [-0.2, -0.15) is 0 Å². The predicted molar refractivity (Wildman–Crippen MR) is 60.4 cm³/mol. The number of fused-ring (bicyclic) bond motifs is 1. The van der Waals surface area contributed by atoms with E-state index >= 15 is 0 Å². The summed E-state index contributed by atoms with van der Waals surface area (Å²) in [6.07, 6.45) is 0. The Hall–Kier alpha value is -0.890. The minimum absolute atomic E-state index is 0.594. The summed E-state index contributed by atoms with van der Waals surface area (Å²) in [5, 5.41) is 0. The van der Waals surface area contributed by atoms with Crippen LogP contribution in [-0.2, 0) is 0 Å². The minimum atomic E-state index is 0.594. The summed E-state index contributed by atoms with van der Waals surface area (Å²) < 4.78 is 7.03. The molecule has 0 unspecified atom stereocenters. The summed E-state index contributed by atoms with van der Waals surface area (Å²) in [4.78, 5) is 4.28. The maximum absolute atomic E-state index is 5.75. The van der Waals surface area contributed by atoms with Crippen molar-refractivity contribution in [1.82, 2.24) is 4.98 Å². The summed E-state index contributed by atoms with van der Waals surface area (Å²) in [5.74, 6) is 0.594. The molecule has 2 rings (SSSR count). The molecule has 2 heteroatoms. The van der Waals surface area contributed by atoms with Crippen molar-refractivity contribution in [2.75, 3.05) is 0 Å². The molecule has 0 fully saturated rings. The Morgan fingerprint density at radius 1 is 1.46 bits per heavy atom. The number of rotatable bonds is 1. The van der Waals surface area contributed by atoms with E-state index in [9.17, 15) is 0 Å². The van der Waals surface area contributed by atoms with Crippen molar-refractivity contribution in [3.05, 3.63) is 29.3 Å². The average molecular weight is 195 g/mol. The first-order valence-electron chi connectivity index (χ1n) is 5.10. The molecular weight excluding hydrogens is 178 g/mol. The molecule has 0 atom stereocenters. The molecule has 1 nitrogen and oxygen atoms in total. The molecule has 1 heterocycles. The first-order chi connectivity index (χ1) is 6.77. The molecule has 1 aromatic carbocycles. The standard InChI is InChI=1S/C10H11NS.CH4/c1-7(2)8-3-4-10-9(5-8)11-6-12-10;/h3-7H,1-2H3;1H4/i;1T. The van der Waals surface area contributed by atoms with E-state index in [2.05, 4.69) is 37.0 Å². The summed E-state index contributed by atoms with van der Waals surface area (Å²) in [7, 11) is 1.25. The van der Waals surface area contributed by atoms with E-state index in [0.29, 0.717) is 5.92 Å². The SMILES string of the molecule is CC(C)c1ccc2scnc2c1.[3H]C. The second-order valence-corrected chi connectivity index (χ2v) is 4.12. The number of benzene rings is 1. The molecule has 0 amide bonds. The predicted octanol–water partition coefficient (Wildman–Crippen LogP) is 4.06. The quantitative estimate of drug-likeness (QED) is 0.668. The topological polar surface area (TPSA) is 12.9 Å². The van der Waals surface area contributed by atoms with E-state index in [4.69, 9.17) is 1.37 Å². The number of hydrogen-bond donors (Lipinski definition) is 0. The Kier molecular flexibility index (Phi) is 2.60. The molecule has 70 valence electrons. The maximum atomic E-state index is 5.75. The molecule has 0 saturated carbocycles. The van der Waals surface area contributed by atoms with Crippen LogP contribution in [0, 0.1) is 0 Å². The highest BCUT2D eigenvalue weighted by atomic mass is 32.1. The van der Waals surface area contributed by atoms with E-state index in [0.717, 1.165) is 5.52 Å². The van der Waals surface area contributed by atoms with Gasteiger partial charge in [-0.05, 0) is 23.6 Å². The summed E-state index contributed by atoms with van der Waals surface area (Å²) in [6.45, 7) is 4.40. The lowest BCUT2D eigenvalue weighted by molar-refractivity contribution is 0.868. The van der Waals surface area contributed by atoms with Gasteiger partial charge in [0.15, 0.2) is 0 Å². The van der Waals surface area contributed by atoms with Gasteiger partial charge in [0.1, 0.15) is 0 Å². The Balaban J connectivity index is 0.000000461. The molecule has 0 aliphatic rings. The van der Waals surface area contributed by atoms with Gasteiger partial charge in [0, 0.05) is 1.37 Å². The van der Waals surface area contributed by atoms with Crippen LogP contribution in [0.3, 0.4) is 0 Å². The van der Waals surface area contributed by atoms with Crippen LogP contribution in [0.15, 0.2) is 23.7 Å². The van der Waals surface area contributed by atoms with Gasteiger partial charge in [0.25, 0.3) is 0 Å². The van der Waals surface area contributed by atoms with Gasteiger partial charge in [0.05, 0.1) is 15.7 Å². The van der Waals surface area contributed by atoms with Gasteiger partial charge in [-0.25, -0.2) is 4.98 Å². The van der Waals surface area contributed by atoms with Crippen LogP contribution in [0.25, 0.3) is 10.2 Å². The minimum Gasteiger partial charge on any atom is -0.245 e. The van der Waals surface area contributed by atoms with Crippen molar-refractivity contribution in [3.63, 3.8) is 0 Å². The van der Waals surface area contributed by atoms with Crippen molar-refractivity contribution in [2.45, 2.75) is 27.2 Å². The molecule has 1 aromatic heterocycles. The number of thiazole rings is 1. The first-order valence-corrected chi connectivity index (χ1v) is 4.98.